The van der Waals surface area contributed by atoms with Gasteiger partial charge in [-0.1, -0.05) is 0 Å². The highest BCUT2D eigenvalue weighted by Gasteiger charge is 2.22. The molecule has 0 aromatic carbocycles. The molecular formula is C7H12N2. The molecule has 1 aliphatic heterocycles. The number of aliphatic imine (C=N–C) groups is 1. The third-order valence-corrected chi connectivity index (χ3v) is 2.24. The fourth-order valence-electron chi connectivity index (χ4n) is 1.70. The highest BCUT2D eigenvalue weighted by atomic mass is 15.0. The Hall–Kier alpha value is -0.530. The lowest BCUT2D eigenvalue weighted by molar-refractivity contribution is 0.357. The van der Waals surface area contributed by atoms with E-state index in [9.17, 15) is 0 Å². The van der Waals surface area contributed by atoms with E-state index in [1.54, 1.807) is 0 Å². The summed E-state index contributed by atoms with van der Waals surface area (Å²) in [5.41, 5.74) is 0. The molecule has 0 radical (unpaired) electrons. The van der Waals surface area contributed by atoms with Crippen LogP contribution in [0.1, 0.15) is 25.7 Å². The summed E-state index contributed by atoms with van der Waals surface area (Å²) in [4.78, 5) is 4.31. The molecule has 2 rings (SSSR count). The van der Waals surface area contributed by atoms with E-state index in [1.165, 1.54) is 25.7 Å². The molecule has 1 aliphatic carbocycles. The van der Waals surface area contributed by atoms with Crippen molar-refractivity contribution in [3.8, 4) is 0 Å². The van der Waals surface area contributed by atoms with Gasteiger partial charge in [0.15, 0.2) is 0 Å². The van der Waals surface area contributed by atoms with Gasteiger partial charge in [0.2, 0.25) is 0 Å². The Kier molecular flexibility index (Phi) is 1.18. The number of fused-ring (bicyclic) bond motifs is 2. The van der Waals surface area contributed by atoms with Crippen LogP contribution in [0, 0.1) is 0 Å². The number of rotatable bonds is 0. The Bertz CT molecular complexity index is 131. The molecule has 0 aromatic heterocycles. The lowest BCUT2D eigenvalue weighted by atomic mass is 9.91. The van der Waals surface area contributed by atoms with Crippen LogP contribution in [0.4, 0.5) is 0 Å². The number of nitrogens with zero attached hydrogens (tertiary/aromatic N) is 1. The molecule has 0 spiro atoms. The second kappa shape index (κ2) is 2.01. The molecule has 50 valence electrons. The van der Waals surface area contributed by atoms with E-state index in [1.807, 2.05) is 6.34 Å². The zero-order valence-corrected chi connectivity index (χ0v) is 5.51. The van der Waals surface area contributed by atoms with E-state index in [4.69, 9.17) is 0 Å². The molecule has 2 unspecified atom stereocenters. The second-order valence-electron chi connectivity index (χ2n) is 2.96. The Morgan fingerprint density at radius 3 is 3.22 bits per heavy atom. The van der Waals surface area contributed by atoms with Crippen molar-refractivity contribution in [1.29, 1.82) is 0 Å². The van der Waals surface area contributed by atoms with E-state index in [-0.39, 0.29) is 0 Å². The Labute approximate surface area is 55.4 Å². The highest BCUT2D eigenvalue weighted by Crippen LogP contribution is 2.22. The number of hydrogen-bond donors (Lipinski definition) is 1. The molecule has 1 saturated carbocycles. The first-order valence-electron chi connectivity index (χ1n) is 3.73. The third kappa shape index (κ3) is 0.934. The van der Waals surface area contributed by atoms with Gasteiger partial charge in [-0.05, 0) is 25.7 Å². The zero-order valence-electron chi connectivity index (χ0n) is 5.51. The monoisotopic (exact) mass is 124 g/mol. The van der Waals surface area contributed by atoms with E-state index < -0.39 is 0 Å². The average molecular weight is 124 g/mol. The summed E-state index contributed by atoms with van der Waals surface area (Å²) in [5, 5.41) is 3.26. The van der Waals surface area contributed by atoms with E-state index >= 15 is 0 Å². The normalized spacial score (nSPS) is 40.0. The molecule has 1 heterocycles. The quantitative estimate of drug-likeness (QED) is 0.510. The minimum absolute atomic E-state index is 0.657. The van der Waals surface area contributed by atoms with Gasteiger partial charge in [0.05, 0.1) is 12.4 Å². The lowest BCUT2D eigenvalue weighted by Crippen LogP contribution is -2.39. The Morgan fingerprint density at radius 1 is 1.44 bits per heavy atom. The molecule has 9 heavy (non-hydrogen) atoms. The van der Waals surface area contributed by atoms with Crippen molar-refractivity contribution in [2.45, 2.75) is 37.8 Å². The van der Waals surface area contributed by atoms with Crippen LogP contribution in [-0.4, -0.2) is 18.4 Å². The first kappa shape index (κ1) is 5.27. The summed E-state index contributed by atoms with van der Waals surface area (Å²) in [5.74, 6) is 0. The van der Waals surface area contributed by atoms with Crippen LogP contribution < -0.4 is 5.32 Å². The maximum Gasteiger partial charge on any atom is 0.0829 e. The summed E-state index contributed by atoms with van der Waals surface area (Å²) in [7, 11) is 0. The molecule has 2 bridgehead atoms. The van der Waals surface area contributed by atoms with E-state index in [0.29, 0.717) is 6.04 Å². The van der Waals surface area contributed by atoms with Crippen LogP contribution in [0.2, 0.25) is 0 Å². The summed E-state index contributed by atoms with van der Waals surface area (Å²) in [6, 6.07) is 1.41. The first-order chi connectivity index (χ1) is 4.45. The SMILES string of the molecule is C1=NC2CCCC(C2)N1. The predicted molar refractivity (Wildman–Crippen MR) is 37.7 cm³/mol. The van der Waals surface area contributed by atoms with Gasteiger partial charge in [-0.15, -0.1) is 0 Å². The Balaban J connectivity index is 2.09. The topological polar surface area (TPSA) is 24.4 Å². The highest BCUT2D eigenvalue weighted by molar-refractivity contribution is 5.56. The summed E-state index contributed by atoms with van der Waals surface area (Å²) in [6.45, 7) is 0. The molecule has 2 aliphatic rings. The van der Waals surface area contributed by atoms with Crippen LogP contribution >= 0.6 is 0 Å². The van der Waals surface area contributed by atoms with Crippen molar-refractivity contribution in [2.75, 3.05) is 0 Å². The largest absolute Gasteiger partial charge is 0.374 e. The smallest absolute Gasteiger partial charge is 0.0829 e. The van der Waals surface area contributed by atoms with Crippen LogP contribution in [-0.2, 0) is 0 Å². The Morgan fingerprint density at radius 2 is 2.44 bits per heavy atom. The van der Waals surface area contributed by atoms with Crippen molar-refractivity contribution in [1.82, 2.24) is 5.32 Å². The minimum Gasteiger partial charge on any atom is -0.374 e. The average Bonchev–Trinajstić information content (AvgIpc) is 1.88. The molecule has 0 saturated heterocycles. The van der Waals surface area contributed by atoms with Gasteiger partial charge >= 0.3 is 0 Å². The van der Waals surface area contributed by atoms with Crippen molar-refractivity contribution in [3.63, 3.8) is 0 Å². The maximum absolute atomic E-state index is 4.31. The van der Waals surface area contributed by atoms with Crippen LogP contribution in [0.5, 0.6) is 0 Å². The molecule has 2 atom stereocenters. The van der Waals surface area contributed by atoms with Gasteiger partial charge in [0.25, 0.3) is 0 Å². The molecule has 2 nitrogen and oxygen atoms in total. The first-order valence-corrected chi connectivity index (χ1v) is 3.73. The molecule has 2 heteroatoms. The van der Waals surface area contributed by atoms with Crippen molar-refractivity contribution in [2.24, 2.45) is 4.99 Å². The third-order valence-electron chi connectivity index (χ3n) is 2.24. The summed E-state index contributed by atoms with van der Waals surface area (Å²) in [6.07, 6.45) is 7.19. The van der Waals surface area contributed by atoms with Gasteiger partial charge in [-0.25, -0.2) is 0 Å². The lowest BCUT2D eigenvalue weighted by Gasteiger charge is -2.30. The number of hydrogen-bond acceptors (Lipinski definition) is 2. The van der Waals surface area contributed by atoms with Crippen molar-refractivity contribution < 1.29 is 0 Å². The number of nitrogens with one attached hydrogen (secondary N) is 1. The second-order valence-corrected chi connectivity index (χ2v) is 2.96. The van der Waals surface area contributed by atoms with E-state index in [0.717, 1.165) is 6.04 Å². The molecular weight excluding hydrogens is 112 g/mol. The van der Waals surface area contributed by atoms with Gasteiger partial charge < -0.3 is 5.32 Å². The van der Waals surface area contributed by atoms with Crippen molar-refractivity contribution in [3.05, 3.63) is 0 Å². The van der Waals surface area contributed by atoms with Crippen LogP contribution in [0.25, 0.3) is 0 Å². The van der Waals surface area contributed by atoms with Gasteiger partial charge in [-0.3, -0.25) is 4.99 Å². The fourth-order valence-corrected chi connectivity index (χ4v) is 1.70. The standard InChI is InChI=1S/C7H12N2/c1-2-6-4-7(3-1)9-5-8-6/h5-7H,1-4H2,(H,8,9). The molecule has 1 N–H and O–H groups in total. The van der Waals surface area contributed by atoms with Crippen LogP contribution in [0.3, 0.4) is 0 Å². The summed E-state index contributed by atoms with van der Waals surface area (Å²) >= 11 is 0. The maximum atomic E-state index is 4.31. The molecule has 0 aromatic rings. The zero-order chi connectivity index (χ0) is 6.10. The fraction of sp³-hybridized carbons (Fsp3) is 0.857. The van der Waals surface area contributed by atoms with Gasteiger partial charge in [0, 0.05) is 6.04 Å². The van der Waals surface area contributed by atoms with Crippen molar-refractivity contribution >= 4 is 6.34 Å². The molecule has 1 fully saturated rings. The summed E-state index contributed by atoms with van der Waals surface area (Å²) < 4.78 is 0. The predicted octanol–water partition coefficient (Wildman–Crippen LogP) is 0.929. The van der Waals surface area contributed by atoms with E-state index in [2.05, 4.69) is 10.3 Å². The van der Waals surface area contributed by atoms with Gasteiger partial charge in [-0.2, -0.15) is 0 Å². The van der Waals surface area contributed by atoms with Gasteiger partial charge in [0.1, 0.15) is 0 Å². The molecule has 0 amide bonds. The minimum atomic E-state index is 0.657. The van der Waals surface area contributed by atoms with Crippen LogP contribution in [0.15, 0.2) is 4.99 Å².